The fourth-order valence-corrected chi connectivity index (χ4v) is 1.94. The molecule has 0 aliphatic carbocycles. The number of aryl methyl sites for hydroxylation is 1. The molecule has 108 valence electrons. The standard InChI is InChI=1S/C11H14N4O4S/c1-3-5-8-12-7(15-19-8)6-20-11-14-13-9(18-11)10(16)17-4-2/h3-6H2,1-2H3. The molecule has 2 heterocycles. The van der Waals surface area contributed by atoms with Crippen molar-refractivity contribution in [3.05, 3.63) is 17.6 Å². The van der Waals surface area contributed by atoms with Gasteiger partial charge in [-0.25, -0.2) is 4.79 Å². The molecule has 0 aromatic carbocycles. The minimum atomic E-state index is -0.628. The van der Waals surface area contributed by atoms with Crippen LogP contribution >= 0.6 is 11.8 Å². The van der Waals surface area contributed by atoms with Crippen molar-refractivity contribution in [2.45, 2.75) is 37.7 Å². The smallest absolute Gasteiger partial charge is 0.396 e. The van der Waals surface area contributed by atoms with E-state index in [0.29, 0.717) is 17.5 Å². The summed E-state index contributed by atoms with van der Waals surface area (Å²) in [7, 11) is 0. The van der Waals surface area contributed by atoms with Crippen LogP contribution in [0.15, 0.2) is 14.2 Å². The Kier molecular flexibility index (Phi) is 5.10. The number of aromatic nitrogens is 4. The topological polar surface area (TPSA) is 104 Å². The minimum absolute atomic E-state index is 0.158. The van der Waals surface area contributed by atoms with E-state index in [9.17, 15) is 4.79 Å². The van der Waals surface area contributed by atoms with Gasteiger partial charge in [0.05, 0.1) is 12.4 Å². The molecule has 0 bridgehead atoms. The van der Waals surface area contributed by atoms with E-state index in [1.807, 2.05) is 6.92 Å². The van der Waals surface area contributed by atoms with Crippen LogP contribution in [-0.4, -0.2) is 32.9 Å². The maximum atomic E-state index is 11.3. The number of hydrogen-bond donors (Lipinski definition) is 0. The first-order valence-electron chi connectivity index (χ1n) is 6.17. The van der Waals surface area contributed by atoms with Crippen LogP contribution in [0, 0.1) is 0 Å². The first-order chi connectivity index (χ1) is 9.72. The minimum Gasteiger partial charge on any atom is -0.459 e. The highest BCUT2D eigenvalue weighted by atomic mass is 32.2. The van der Waals surface area contributed by atoms with Crippen LogP contribution in [0.3, 0.4) is 0 Å². The van der Waals surface area contributed by atoms with Gasteiger partial charge in [0.15, 0.2) is 5.82 Å². The first kappa shape index (κ1) is 14.5. The summed E-state index contributed by atoms with van der Waals surface area (Å²) in [5.41, 5.74) is 0. The molecular formula is C11H14N4O4S. The number of nitrogens with zero attached hydrogens (tertiary/aromatic N) is 4. The van der Waals surface area contributed by atoms with E-state index in [1.165, 1.54) is 11.8 Å². The van der Waals surface area contributed by atoms with Crippen LogP contribution in [0.5, 0.6) is 0 Å². The molecule has 8 nitrogen and oxygen atoms in total. The summed E-state index contributed by atoms with van der Waals surface area (Å²) >= 11 is 1.23. The van der Waals surface area contributed by atoms with E-state index in [1.54, 1.807) is 6.92 Å². The van der Waals surface area contributed by atoms with E-state index in [0.717, 1.165) is 12.8 Å². The molecule has 0 aliphatic heterocycles. The van der Waals surface area contributed by atoms with E-state index in [-0.39, 0.29) is 17.7 Å². The van der Waals surface area contributed by atoms with Crippen molar-refractivity contribution in [3.8, 4) is 0 Å². The lowest BCUT2D eigenvalue weighted by molar-refractivity contribution is 0.0475. The third kappa shape index (κ3) is 3.80. The molecule has 0 fully saturated rings. The highest BCUT2D eigenvalue weighted by Crippen LogP contribution is 2.20. The van der Waals surface area contributed by atoms with E-state index < -0.39 is 5.97 Å². The van der Waals surface area contributed by atoms with Crippen molar-refractivity contribution >= 4 is 17.7 Å². The number of carbonyl (C=O) groups excluding carboxylic acids is 1. The monoisotopic (exact) mass is 298 g/mol. The van der Waals surface area contributed by atoms with Gasteiger partial charge in [0.25, 0.3) is 5.22 Å². The van der Waals surface area contributed by atoms with E-state index in [4.69, 9.17) is 13.7 Å². The predicted octanol–water partition coefficient (Wildman–Crippen LogP) is 1.87. The highest BCUT2D eigenvalue weighted by molar-refractivity contribution is 7.98. The second kappa shape index (κ2) is 7.04. The van der Waals surface area contributed by atoms with Crippen molar-refractivity contribution < 1.29 is 18.5 Å². The number of hydrogen-bond acceptors (Lipinski definition) is 9. The normalized spacial score (nSPS) is 10.7. The number of rotatable bonds is 7. The molecule has 0 N–H and O–H groups in total. The fraction of sp³-hybridized carbons (Fsp3) is 0.545. The molecule has 0 unspecified atom stereocenters. The molecule has 0 atom stereocenters. The van der Waals surface area contributed by atoms with Crippen molar-refractivity contribution in [1.29, 1.82) is 0 Å². The Balaban J connectivity index is 1.88. The van der Waals surface area contributed by atoms with Crippen LogP contribution in [0.25, 0.3) is 0 Å². The molecule has 0 radical (unpaired) electrons. The van der Waals surface area contributed by atoms with E-state index >= 15 is 0 Å². The Bertz CT molecular complexity index is 568. The molecule has 0 amide bonds. The lowest BCUT2D eigenvalue weighted by atomic mass is 10.3. The Morgan fingerprint density at radius 1 is 1.35 bits per heavy atom. The van der Waals surface area contributed by atoms with E-state index in [2.05, 4.69) is 20.3 Å². The van der Waals surface area contributed by atoms with Gasteiger partial charge < -0.3 is 13.7 Å². The average Bonchev–Trinajstić information content (AvgIpc) is 3.06. The molecule has 2 rings (SSSR count). The third-order valence-electron chi connectivity index (χ3n) is 2.16. The van der Waals surface area contributed by atoms with Crippen LogP contribution < -0.4 is 0 Å². The summed E-state index contributed by atoms with van der Waals surface area (Å²) in [6.45, 7) is 3.99. The first-order valence-corrected chi connectivity index (χ1v) is 7.16. The van der Waals surface area contributed by atoms with Gasteiger partial charge in [0.2, 0.25) is 5.89 Å². The molecule has 0 aliphatic rings. The lowest BCUT2D eigenvalue weighted by Gasteiger charge is -1.94. The van der Waals surface area contributed by atoms with Gasteiger partial charge >= 0.3 is 11.9 Å². The quantitative estimate of drug-likeness (QED) is 0.559. The maximum Gasteiger partial charge on any atom is 0.396 e. The molecule has 9 heteroatoms. The van der Waals surface area contributed by atoms with Gasteiger partial charge in [-0.15, -0.1) is 5.10 Å². The summed E-state index contributed by atoms with van der Waals surface area (Å²) in [6, 6.07) is 0. The van der Waals surface area contributed by atoms with Gasteiger partial charge in [-0.1, -0.05) is 28.9 Å². The zero-order valence-corrected chi connectivity index (χ0v) is 12.0. The Hall–Kier alpha value is -1.90. The Morgan fingerprint density at radius 3 is 2.95 bits per heavy atom. The van der Waals surface area contributed by atoms with Crippen molar-refractivity contribution in [3.63, 3.8) is 0 Å². The second-order valence-corrected chi connectivity index (χ2v) is 4.66. The summed E-state index contributed by atoms with van der Waals surface area (Å²) in [5.74, 6) is 0.804. The highest BCUT2D eigenvalue weighted by Gasteiger charge is 2.16. The average molecular weight is 298 g/mol. The Morgan fingerprint density at radius 2 is 2.20 bits per heavy atom. The lowest BCUT2D eigenvalue weighted by Crippen LogP contribution is -2.04. The largest absolute Gasteiger partial charge is 0.459 e. The number of carbonyl (C=O) groups is 1. The van der Waals surface area contributed by atoms with Crippen LogP contribution in [-0.2, 0) is 16.9 Å². The summed E-state index contributed by atoms with van der Waals surface area (Å²) < 4.78 is 15.0. The molecule has 2 aromatic rings. The Labute approximate surface area is 119 Å². The summed E-state index contributed by atoms with van der Waals surface area (Å²) in [5, 5.41) is 11.4. The molecular weight excluding hydrogens is 284 g/mol. The van der Waals surface area contributed by atoms with Gasteiger partial charge in [0, 0.05) is 6.42 Å². The zero-order chi connectivity index (χ0) is 14.4. The number of esters is 1. The van der Waals surface area contributed by atoms with Gasteiger partial charge in [-0.2, -0.15) is 4.98 Å². The molecule has 0 saturated carbocycles. The van der Waals surface area contributed by atoms with Gasteiger partial charge in [-0.3, -0.25) is 0 Å². The SMILES string of the molecule is CCCc1nc(CSc2nnc(C(=O)OCC)o2)no1. The number of ether oxygens (including phenoxy) is 1. The zero-order valence-electron chi connectivity index (χ0n) is 11.2. The summed E-state index contributed by atoms with van der Waals surface area (Å²) in [4.78, 5) is 15.5. The van der Waals surface area contributed by atoms with Crippen molar-refractivity contribution in [2.24, 2.45) is 0 Å². The van der Waals surface area contributed by atoms with Crippen LogP contribution in [0.4, 0.5) is 0 Å². The second-order valence-electron chi connectivity index (χ2n) is 3.74. The van der Waals surface area contributed by atoms with Crippen molar-refractivity contribution in [1.82, 2.24) is 20.3 Å². The van der Waals surface area contributed by atoms with Crippen LogP contribution in [0.1, 0.15) is 42.7 Å². The molecule has 2 aromatic heterocycles. The predicted molar refractivity (Wildman–Crippen MR) is 68.1 cm³/mol. The molecule has 0 saturated heterocycles. The fourth-order valence-electron chi connectivity index (χ4n) is 1.33. The van der Waals surface area contributed by atoms with Gasteiger partial charge in [0.1, 0.15) is 0 Å². The van der Waals surface area contributed by atoms with Gasteiger partial charge in [-0.05, 0) is 13.3 Å². The maximum absolute atomic E-state index is 11.3. The molecule has 20 heavy (non-hydrogen) atoms. The number of thioether (sulfide) groups is 1. The third-order valence-corrected chi connectivity index (χ3v) is 2.97. The van der Waals surface area contributed by atoms with Crippen molar-refractivity contribution in [2.75, 3.05) is 6.61 Å². The summed E-state index contributed by atoms with van der Waals surface area (Å²) in [6.07, 6.45) is 1.70. The van der Waals surface area contributed by atoms with Crippen LogP contribution in [0.2, 0.25) is 0 Å². The molecule has 0 spiro atoms.